The summed E-state index contributed by atoms with van der Waals surface area (Å²) in [4.78, 5) is 81.6. The van der Waals surface area contributed by atoms with Gasteiger partial charge in [0.1, 0.15) is 36.7 Å². The second-order valence-corrected chi connectivity index (χ2v) is 15.9. The number of amides is 4. The molecule has 5 aromatic rings. The monoisotopic (exact) mass is 883 g/mol. The number of aromatic carboxylic acids is 1. The number of hydrogen-bond acceptors (Lipinski definition) is 11. The summed E-state index contributed by atoms with van der Waals surface area (Å²) in [6.45, 7) is 3.60. The molecule has 63 heavy (non-hydrogen) atoms. The van der Waals surface area contributed by atoms with Gasteiger partial charge in [0.25, 0.3) is 0 Å². The van der Waals surface area contributed by atoms with Gasteiger partial charge in [-0.05, 0) is 79.6 Å². The Balaban J connectivity index is 1.01. The number of thiophene rings is 1. The van der Waals surface area contributed by atoms with Crippen LogP contribution in [0.3, 0.4) is 0 Å². The number of aryl methyl sites for hydroxylation is 1. The third-order valence-electron chi connectivity index (χ3n) is 10.6. The number of fused-ring (bicyclic) bond motifs is 1. The number of carbonyl (C=O) groups is 5. The molecule has 1 saturated heterocycles. The van der Waals surface area contributed by atoms with E-state index in [1.165, 1.54) is 28.5 Å². The molecule has 16 nitrogen and oxygen atoms in total. The van der Waals surface area contributed by atoms with Crippen LogP contribution in [0.25, 0.3) is 10.9 Å². The number of carbonyl (C=O) groups excluding carboxylic acids is 4. The first kappa shape index (κ1) is 45.7. The Hall–Kier alpha value is -6.79. The van der Waals surface area contributed by atoms with Crippen molar-refractivity contribution in [2.75, 3.05) is 42.9 Å². The zero-order valence-electron chi connectivity index (χ0n) is 34.7. The predicted octanol–water partition coefficient (Wildman–Crippen LogP) is 5.47. The van der Waals surface area contributed by atoms with Gasteiger partial charge in [-0.15, -0.1) is 11.3 Å². The normalized spacial score (nSPS) is 13.5. The smallest absolute Gasteiger partial charge is 0.410 e. The van der Waals surface area contributed by atoms with Gasteiger partial charge in [0.15, 0.2) is 0 Å². The average Bonchev–Trinajstić information content (AvgIpc) is 3.81. The van der Waals surface area contributed by atoms with Crippen molar-refractivity contribution < 1.29 is 42.9 Å². The van der Waals surface area contributed by atoms with Gasteiger partial charge in [-0.1, -0.05) is 48.5 Å². The highest BCUT2D eigenvalue weighted by Crippen LogP contribution is 2.27. The molecule has 6 N–H and O–H groups in total. The predicted molar refractivity (Wildman–Crippen MR) is 236 cm³/mol. The van der Waals surface area contributed by atoms with Crippen LogP contribution in [-0.4, -0.2) is 89.4 Å². The molecule has 2 unspecified atom stereocenters. The number of nitrogens with two attached hydrogens (primary N) is 1. The topological polar surface area (TPSA) is 215 Å². The first-order valence-corrected chi connectivity index (χ1v) is 21.5. The van der Waals surface area contributed by atoms with Crippen LogP contribution >= 0.6 is 11.3 Å². The third kappa shape index (κ3) is 12.2. The Labute approximate surface area is 366 Å². The maximum Gasteiger partial charge on any atom is 0.410 e. The minimum atomic E-state index is -1.38. The van der Waals surface area contributed by atoms with E-state index >= 15 is 4.39 Å². The Bertz CT molecular complexity index is 2440. The lowest BCUT2D eigenvalue weighted by Gasteiger charge is -2.35. The molecule has 3 aromatic carbocycles. The van der Waals surface area contributed by atoms with Gasteiger partial charge in [-0.25, -0.2) is 18.8 Å². The molecule has 332 valence electrons. The Kier molecular flexibility index (Phi) is 15.8. The van der Waals surface area contributed by atoms with Crippen LogP contribution in [0.1, 0.15) is 52.5 Å². The minimum Gasteiger partial charge on any atom is -0.477 e. The summed E-state index contributed by atoms with van der Waals surface area (Å²) in [5.41, 5.74) is 7.06. The van der Waals surface area contributed by atoms with Crippen LogP contribution in [-0.2, 0) is 45.2 Å². The van der Waals surface area contributed by atoms with Gasteiger partial charge in [0.2, 0.25) is 17.2 Å². The van der Waals surface area contributed by atoms with E-state index in [-0.39, 0.29) is 56.9 Å². The summed E-state index contributed by atoms with van der Waals surface area (Å²) >= 11 is 1.44. The van der Waals surface area contributed by atoms with E-state index < -0.39 is 58.9 Å². The summed E-state index contributed by atoms with van der Waals surface area (Å²) < 4.78 is 27.9. The summed E-state index contributed by atoms with van der Waals surface area (Å²) in [6, 6.07) is 20.2. The van der Waals surface area contributed by atoms with Gasteiger partial charge in [-0.2, -0.15) is 0 Å². The minimum absolute atomic E-state index is 0.0215. The zero-order valence-corrected chi connectivity index (χ0v) is 35.5. The van der Waals surface area contributed by atoms with E-state index in [0.29, 0.717) is 49.1 Å². The molecule has 2 aromatic heterocycles. The number of ether oxygens (including phenoxy) is 2. The molecular formula is C45H50FN7O9S. The molecule has 3 heterocycles. The molecule has 0 radical (unpaired) electrons. The van der Waals surface area contributed by atoms with Crippen molar-refractivity contribution >= 4 is 63.6 Å². The van der Waals surface area contributed by atoms with Crippen LogP contribution < -0.4 is 32.0 Å². The number of aromatic nitrogens is 1. The number of piperazine rings is 1. The standard InChI is InChI=1S/C45H50FN7O9S/c1-2-51-26-34(43(57)58)40(54)33-24-35(46)39(25-38(33)51)52-18-20-53(21-19-52)45(60)62-28-30-13-15-31(16-14-30)48-41(55)36(12-6-7-17-47)49-42(56)37(23-32-11-8-22-63-32)50-44(59)61-27-29-9-4-3-5-10-29/h3-5,8-11,13-16,22,24-26,36-37H,2,6-7,12,17-21,23,27-28,47H2,1H3,(H,48,55)(H,49,56)(H,50,59)(H,57,58). The summed E-state index contributed by atoms with van der Waals surface area (Å²) in [6.07, 6.45) is 1.63. The lowest BCUT2D eigenvalue weighted by atomic mass is 10.1. The highest BCUT2D eigenvalue weighted by molar-refractivity contribution is 7.09. The van der Waals surface area contributed by atoms with E-state index in [4.69, 9.17) is 15.2 Å². The molecule has 4 amide bonds. The van der Waals surface area contributed by atoms with Crippen molar-refractivity contribution in [2.45, 2.75) is 64.4 Å². The zero-order chi connectivity index (χ0) is 44.9. The van der Waals surface area contributed by atoms with Crippen molar-refractivity contribution in [1.82, 2.24) is 20.1 Å². The highest BCUT2D eigenvalue weighted by atomic mass is 32.1. The summed E-state index contributed by atoms with van der Waals surface area (Å²) in [5.74, 6) is -3.06. The second-order valence-electron chi connectivity index (χ2n) is 14.9. The number of unbranched alkanes of at least 4 members (excludes halogenated alkanes) is 1. The van der Waals surface area contributed by atoms with Crippen LogP contribution in [0.2, 0.25) is 0 Å². The van der Waals surface area contributed by atoms with E-state index in [1.807, 2.05) is 47.8 Å². The number of pyridine rings is 1. The van der Waals surface area contributed by atoms with Crippen molar-refractivity contribution in [3.63, 3.8) is 0 Å². The van der Waals surface area contributed by atoms with E-state index in [2.05, 4.69) is 16.0 Å². The number of benzene rings is 3. The number of carboxylic acids is 1. The lowest BCUT2D eigenvalue weighted by Crippen LogP contribution is -2.53. The van der Waals surface area contributed by atoms with E-state index in [9.17, 15) is 33.9 Å². The highest BCUT2D eigenvalue weighted by Gasteiger charge is 2.29. The first-order valence-electron chi connectivity index (χ1n) is 20.6. The molecule has 1 aliphatic rings. The number of nitrogens with zero attached hydrogens (tertiary/aromatic N) is 3. The number of anilines is 2. The molecule has 0 spiro atoms. The van der Waals surface area contributed by atoms with Gasteiger partial charge < -0.3 is 50.6 Å². The molecule has 0 aliphatic carbocycles. The molecule has 1 fully saturated rings. The van der Waals surface area contributed by atoms with Crippen LogP contribution in [0.5, 0.6) is 0 Å². The Morgan fingerprint density at radius 3 is 2.24 bits per heavy atom. The maximum absolute atomic E-state index is 15.4. The van der Waals surface area contributed by atoms with Crippen LogP contribution in [0.15, 0.2) is 95.2 Å². The number of carboxylic acid groups (broad SMARTS) is 1. The van der Waals surface area contributed by atoms with Crippen LogP contribution in [0, 0.1) is 5.82 Å². The van der Waals surface area contributed by atoms with Gasteiger partial charge in [-0.3, -0.25) is 14.4 Å². The number of rotatable bonds is 18. The van der Waals surface area contributed by atoms with Crippen molar-refractivity contribution in [1.29, 1.82) is 0 Å². The quantitative estimate of drug-likeness (QED) is 0.0696. The van der Waals surface area contributed by atoms with Crippen LogP contribution in [0.4, 0.5) is 25.4 Å². The summed E-state index contributed by atoms with van der Waals surface area (Å²) in [5, 5.41) is 19.6. The fourth-order valence-corrected chi connectivity index (χ4v) is 7.87. The van der Waals surface area contributed by atoms with Gasteiger partial charge >= 0.3 is 18.2 Å². The molecule has 6 rings (SSSR count). The lowest BCUT2D eigenvalue weighted by molar-refractivity contribution is -0.128. The molecule has 0 saturated carbocycles. The molecular weight excluding hydrogens is 834 g/mol. The van der Waals surface area contributed by atoms with Crippen molar-refractivity contribution in [2.24, 2.45) is 5.73 Å². The van der Waals surface area contributed by atoms with E-state index in [1.54, 1.807) is 40.7 Å². The second kappa shape index (κ2) is 21.8. The molecule has 18 heteroatoms. The number of hydrogen-bond donors (Lipinski definition) is 5. The number of alkyl carbamates (subject to hydrolysis) is 1. The summed E-state index contributed by atoms with van der Waals surface area (Å²) in [7, 11) is 0. The SMILES string of the molecule is CCn1cc(C(=O)O)c(=O)c2cc(F)c(N3CCN(C(=O)OCc4ccc(NC(=O)C(CCCCN)NC(=O)C(Cc5cccs5)NC(=O)OCc5ccccc5)cc4)CC3)cc21. The Morgan fingerprint density at radius 2 is 1.57 bits per heavy atom. The maximum atomic E-state index is 15.4. The average molecular weight is 884 g/mol. The van der Waals surface area contributed by atoms with Crippen molar-refractivity contribution in [3.05, 3.63) is 128 Å². The molecule has 2 atom stereocenters. The van der Waals surface area contributed by atoms with Crippen molar-refractivity contribution in [3.8, 4) is 0 Å². The number of halogens is 1. The first-order chi connectivity index (χ1) is 30.4. The molecule has 0 bridgehead atoms. The largest absolute Gasteiger partial charge is 0.477 e. The van der Waals surface area contributed by atoms with E-state index in [0.717, 1.165) is 16.5 Å². The van der Waals surface area contributed by atoms with Gasteiger partial charge in [0, 0.05) is 61.3 Å². The van der Waals surface area contributed by atoms with Gasteiger partial charge in [0.05, 0.1) is 11.2 Å². The molecule has 1 aliphatic heterocycles. The third-order valence-corrected chi connectivity index (χ3v) is 11.5. The number of nitrogens with one attached hydrogen (secondary N) is 3. The Morgan fingerprint density at radius 1 is 0.857 bits per heavy atom. The fourth-order valence-electron chi connectivity index (χ4n) is 7.12. The fraction of sp³-hybridized carbons (Fsp3) is 0.333.